The fraction of sp³-hybridized carbons (Fsp3) is 0.333. The molecule has 1 atom stereocenters. The van der Waals surface area contributed by atoms with Crippen molar-refractivity contribution >= 4 is 0 Å². The summed E-state index contributed by atoms with van der Waals surface area (Å²) in [5, 5.41) is 6.08. The summed E-state index contributed by atoms with van der Waals surface area (Å²) in [5.74, 6) is 0.678. The molecule has 0 radical (unpaired) electrons. The Balaban J connectivity index is 2.81. The van der Waals surface area contributed by atoms with E-state index in [-0.39, 0.29) is 0 Å². The smallest absolute Gasteiger partial charge is 0.0961 e. The number of nitrogens with two attached hydrogens (primary N) is 1. The van der Waals surface area contributed by atoms with Crippen molar-refractivity contribution in [2.24, 2.45) is 5.73 Å². The van der Waals surface area contributed by atoms with Crippen LogP contribution in [0.2, 0.25) is 0 Å². The molecule has 0 aromatic carbocycles. The largest absolute Gasteiger partial charge is 0.386 e. The van der Waals surface area contributed by atoms with Crippen molar-refractivity contribution in [3.05, 3.63) is 35.8 Å². The highest BCUT2D eigenvalue weighted by Gasteiger charge is 2.20. The van der Waals surface area contributed by atoms with Gasteiger partial charge in [-0.3, -0.25) is 0 Å². The van der Waals surface area contributed by atoms with Gasteiger partial charge in [0, 0.05) is 18.3 Å². The fourth-order valence-electron chi connectivity index (χ4n) is 1.17. The second-order valence-electron chi connectivity index (χ2n) is 2.79. The molecule has 1 aliphatic rings. The van der Waals surface area contributed by atoms with Crippen molar-refractivity contribution < 1.29 is 0 Å². The first-order chi connectivity index (χ1) is 5.69. The van der Waals surface area contributed by atoms with E-state index < -0.39 is 0 Å². The molecule has 1 rings (SSSR count). The minimum absolute atomic E-state index is 0.380. The molecule has 12 heavy (non-hydrogen) atoms. The highest BCUT2D eigenvalue weighted by Crippen LogP contribution is 2.20. The molecule has 0 spiro atoms. The predicted octanol–water partition coefficient (Wildman–Crippen LogP) is 0.438. The van der Waals surface area contributed by atoms with Crippen molar-refractivity contribution in [1.82, 2.24) is 10.6 Å². The number of hydrogen-bond donors (Lipinski definition) is 3. The normalized spacial score (nSPS) is 22.8. The van der Waals surface area contributed by atoms with E-state index in [1.165, 1.54) is 5.57 Å². The summed E-state index contributed by atoms with van der Waals surface area (Å²) in [7, 11) is 1.80. The summed E-state index contributed by atoms with van der Waals surface area (Å²) in [6, 6.07) is 0.380. The van der Waals surface area contributed by atoms with Crippen molar-refractivity contribution in [2.75, 3.05) is 7.05 Å². The van der Waals surface area contributed by atoms with Crippen molar-refractivity contribution in [3.8, 4) is 0 Å². The number of hydrogen-bond acceptors (Lipinski definition) is 3. The van der Waals surface area contributed by atoms with Gasteiger partial charge in [-0.25, -0.2) is 0 Å². The lowest BCUT2D eigenvalue weighted by Crippen LogP contribution is -2.38. The predicted molar refractivity (Wildman–Crippen MR) is 51.2 cm³/mol. The van der Waals surface area contributed by atoms with E-state index in [0.717, 1.165) is 5.70 Å². The maximum Gasteiger partial charge on any atom is 0.0961 e. The van der Waals surface area contributed by atoms with Gasteiger partial charge in [-0.05, 0) is 19.1 Å². The maximum absolute atomic E-state index is 5.62. The van der Waals surface area contributed by atoms with Crippen LogP contribution in [-0.2, 0) is 0 Å². The minimum Gasteiger partial charge on any atom is -0.386 e. The molecular weight excluding hydrogens is 150 g/mol. The monoisotopic (exact) mass is 165 g/mol. The molecule has 1 heterocycles. The van der Waals surface area contributed by atoms with Gasteiger partial charge < -0.3 is 16.4 Å². The molecule has 0 saturated heterocycles. The third-order valence-corrected chi connectivity index (χ3v) is 1.95. The van der Waals surface area contributed by atoms with Crippen molar-refractivity contribution in [1.29, 1.82) is 0 Å². The summed E-state index contributed by atoms with van der Waals surface area (Å²) < 4.78 is 0. The van der Waals surface area contributed by atoms with Gasteiger partial charge in [0.2, 0.25) is 0 Å². The summed E-state index contributed by atoms with van der Waals surface area (Å²) in [6.45, 7) is 5.77. The van der Waals surface area contributed by atoms with E-state index in [0.29, 0.717) is 11.9 Å². The van der Waals surface area contributed by atoms with Gasteiger partial charge in [-0.1, -0.05) is 6.58 Å². The maximum atomic E-state index is 5.62. The molecule has 4 N–H and O–H groups in total. The number of allylic oxidation sites excluding steroid dienone is 1. The van der Waals surface area contributed by atoms with Gasteiger partial charge >= 0.3 is 0 Å². The third-order valence-electron chi connectivity index (χ3n) is 1.95. The van der Waals surface area contributed by atoms with Crippen molar-refractivity contribution in [2.45, 2.75) is 13.0 Å². The highest BCUT2D eigenvalue weighted by atomic mass is 15.0. The molecule has 0 aromatic heterocycles. The van der Waals surface area contributed by atoms with Crippen LogP contribution in [0.25, 0.3) is 0 Å². The second-order valence-corrected chi connectivity index (χ2v) is 2.79. The zero-order valence-electron chi connectivity index (χ0n) is 7.52. The summed E-state index contributed by atoms with van der Waals surface area (Å²) in [4.78, 5) is 0. The van der Waals surface area contributed by atoms with Crippen LogP contribution in [0.3, 0.4) is 0 Å². The Hall–Kier alpha value is -1.38. The van der Waals surface area contributed by atoms with Gasteiger partial charge in [0.15, 0.2) is 0 Å². The Morgan fingerprint density at radius 3 is 2.83 bits per heavy atom. The van der Waals surface area contributed by atoms with Crippen LogP contribution >= 0.6 is 0 Å². The first kappa shape index (κ1) is 8.71. The summed E-state index contributed by atoms with van der Waals surface area (Å²) in [5.41, 5.74) is 7.89. The van der Waals surface area contributed by atoms with Crippen LogP contribution in [0, 0.1) is 0 Å². The molecule has 0 aromatic rings. The number of nitrogens with one attached hydrogen (secondary N) is 2. The lowest BCUT2D eigenvalue weighted by Gasteiger charge is -2.30. The molecule has 1 unspecified atom stereocenters. The topological polar surface area (TPSA) is 50.1 Å². The van der Waals surface area contributed by atoms with Gasteiger partial charge in [0.05, 0.1) is 11.9 Å². The Kier molecular flexibility index (Phi) is 2.43. The van der Waals surface area contributed by atoms with Gasteiger partial charge in [0.25, 0.3) is 0 Å². The van der Waals surface area contributed by atoms with E-state index >= 15 is 0 Å². The third kappa shape index (κ3) is 1.44. The van der Waals surface area contributed by atoms with Gasteiger partial charge in [0.1, 0.15) is 0 Å². The summed E-state index contributed by atoms with van der Waals surface area (Å²) >= 11 is 0. The molecule has 3 heteroatoms. The quantitative estimate of drug-likeness (QED) is 0.568. The molecule has 0 aliphatic carbocycles. The molecule has 1 aliphatic heterocycles. The molecular formula is C9H15N3. The van der Waals surface area contributed by atoms with Crippen LogP contribution in [-0.4, -0.2) is 13.1 Å². The average molecular weight is 165 g/mol. The van der Waals surface area contributed by atoms with E-state index in [2.05, 4.69) is 24.1 Å². The summed E-state index contributed by atoms with van der Waals surface area (Å²) in [6.07, 6.45) is 3.73. The van der Waals surface area contributed by atoms with E-state index in [4.69, 9.17) is 5.73 Å². The molecule has 0 fully saturated rings. The van der Waals surface area contributed by atoms with Crippen LogP contribution < -0.4 is 16.4 Å². The molecule has 0 amide bonds. The second kappa shape index (κ2) is 3.34. The Morgan fingerprint density at radius 1 is 1.75 bits per heavy atom. The SMILES string of the molecule is C=CC1=C(/C=C(/N)NC)C(C)N1. The lowest BCUT2D eigenvalue weighted by molar-refractivity contribution is 0.629. The first-order valence-electron chi connectivity index (χ1n) is 3.97. The minimum atomic E-state index is 0.380. The van der Waals surface area contributed by atoms with Crippen LogP contribution in [0.1, 0.15) is 6.92 Å². The Bertz CT molecular complexity index is 250. The van der Waals surface area contributed by atoms with Gasteiger partial charge in [-0.15, -0.1) is 0 Å². The average Bonchev–Trinajstić information content (AvgIpc) is 2.09. The Morgan fingerprint density at radius 2 is 2.42 bits per heavy atom. The van der Waals surface area contributed by atoms with Crippen molar-refractivity contribution in [3.63, 3.8) is 0 Å². The molecule has 66 valence electrons. The van der Waals surface area contributed by atoms with Crippen LogP contribution in [0.5, 0.6) is 0 Å². The standard InChI is InChI=1S/C9H15N3/c1-4-8-7(6(2)12-8)5-9(10)11-3/h4-6,11-12H,1,10H2,2-3H3/b9-5-. The lowest BCUT2D eigenvalue weighted by atomic mass is 9.97. The van der Waals surface area contributed by atoms with E-state index in [1.807, 2.05) is 6.08 Å². The van der Waals surface area contributed by atoms with E-state index in [9.17, 15) is 0 Å². The molecule has 3 nitrogen and oxygen atoms in total. The Labute approximate surface area is 73.0 Å². The van der Waals surface area contributed by atoms with E-state index in [1.54, 1.807) is 13.1 Å². The van der Waals surface area contributed by atoms with Crippen LogP contribution in [0.4, 0.5) is 0 Å². The first-order valence-corrected chi connectivity index (χ1v) is 3.97. The molecule has 0 saturated carbocycles. The zero-order valence-corrected chi connectivity index (χ0v) is 7.52. The van der Waals surface area contributed by atoms with Gasteiger partial charge in [-0.2, -0.15) is 0 Å². The highest BCUT2D eigenvalue weighted by molar-refractivity contribution is 5.43. The number of rotatable bonds is 3. The molecule has 0 bridgehead atoms. The fourth-order valence-corrected chi connectivity index (χ4v) is 1.17. The van der Waals surface area contributed by atoms with Crippen LogP contribution in [0.15, 0.2) is 35.8 Å². The zero-order chi connectivity index (χ0) is 9.14.